The van der Waals surface area contributed by atoms with E-state index in [-0.39, 0.29) is 69.9 Å². The van der Waals surface area contributed by atoms with Gasteiger partial charge in [-0.05, 0) is 43.2 Å². The van der Waals surface area contributed by atoms with Gasteiger partial charge in [0.2, 0.25) is 5.91 Å². The molecule has 3 N–H and O–H groups in total. The van der Waals surface area contributed by atoms with E-state index in [0.717, 1.165) is 6.07 Å². The van der Waals surface area contributed by atoms with Gasteiger partial charge in [-0.25, -0.2) is 18.7 Å². The first-order valence-corrected chi connectivity index (χ1v) is 13.7. The van der Waals surface area contributed by atoms with Crippen LogP contribution in [-0.2, 0) is 14.9 Å². The standard InChI is InChI=1S/C31H33F2N5O5/c1-6-24(39)38-12-19(41-5)11-18(38)13-42-28-26(35-15-36-29(28)34)21-9-17(32)10-23(16(21)2)37-30(40)20-7-8-22-27(25(20)33)43-14-31(22,3)4/h6-10,15,18-19H,1,11-14H2,2-5H3,(H,37,40)(H2,34,35,36)/t18-,19+/m0/s1. The molecule has 0 spiro atoms. The summed E-state index contributed by atoms with van der Waals surface area (Å²) in [5.41, 5.74) is 7.21. The highest BCUT2D eigenvalue weighted by atomic mass is 19.1. The van der Waals surface area contributed by atoms with Gasteiger partial charge in [-0.15, -0.1) is 0 Å². The Hall–Kier alpha value is -4.58. The number of ether oxygens (including phenoxy) is 3. The number of likely N-dealkylation sites (tertiary alicyclic amines) is 1. The summed E-state index contributed by atoms with van der Waals surface area (Å²) in [5.74, 6) is -2.36. The lowest BCUT2D eigenvalue weighted by atomic mass is 9.86. The number of aromatic nitrogens is 2. The third kappa shape index (κ3) is 5.62. The van der Waals surface area contributed by atoms with Crippen molar-refractivity contribution >= 4 is 23.3 Å². The molecule has 0 unspecified atom stereocenters. The number of nitrogens with two attached hydrogens (primary N) is 1. The van der Waals surface area contributed by atoms with E-state index in [2.05, 4.69) is 21.9 Å². The summed E-state index contributed by atoms with van der Waals surface area (Å²) in [6.07, 6.45) is 2.79. The van der Waals surface area contributed by atoms with Crippen molar-refractivity contribution in [3.8, 4) is 22.8 Å². The van der Waals surface area contributed by atoms with Crippen molar-refractivity contribution in [2.75, 3.05) is 37.9 Å². The number of anilines is 2. The molecule has 43 heavy (non-hydrogen) atoms. The molecule has 0 aliphatic carbocycles. The van der Waals surface area contributed by atoms with Gasteiger partial charge in [0.05, 0.1) is 24.3 Å². The molecule has 2 atom stereocenters. The molecule has 1 aromatic heterocycles. The average Bonchev–Trinajstić information content (AvgIpc) is 3.54. The second kappa shape index (κ2) is 11.6. The van der Waals surface area contributed by atoms with Crippen molar-refractivity contribution in [2.24, 2.45) is 0 Å². The van der Waals surface area contributed by atoms with E-state index in [1.165, 1.54) is 24.5 Å². The van der Waals surface area contributed by atoms with Crippen LogP contribution in [0.2, 0.25) is 0 Å². The van der Waals surface area contributed by atoms with Gasteiger partial charge < -0.3 is 30.2 Å². The van der Waals surface area contributed by atoms with Crippen LogP contribution in [0.4, 0.5) is 20.3 Å². The molecule has 5 rings (SSSR count). The molecule has 1 saturated heterocycles. The van der Waals surface area contributed by atoms with Crippen LogP contribution in [0.1, 0.15) is 41.8 Å². The fourth-order valence-electron chi connectivity index (χ4n) is 5.47. The van der Waals surface area contributed by atoms with Gasteiger partial charge in [-0.2, -0.15) is 0 Å². The highest BCUT2D eigenvalue weighted by Gasteiger charge is 2.37. The highest BCUT2D eigenvalue weighted by molar-refractivity contribution is 6.05. The zero-order chi connectivity index (χ0) is 31.1. The summed E-state index contributed by atoms with van der Waals surface area (Å²) in [6.45, 7) is 9.78. The highest BCUT2D eigenvalue weighted by Crippen LogP contribution is 2.42. The van der Waals surface area contributed by atoms with Crippen LogP contribution in [-0.4, -0.2) is 65.7 Å². The molecule has 10 nitrogen and oxygen atoms in total. The molecule has 0 saturated carbocycles. The predicted octanol–water partition coefficient (Wildman–Crippen LogP) is 4.42. The maximum atomic E-state index is 15.3. The Morgan fingerprint density at radius 3 is 2.77 bits per heavy atom. The number of fused-ring (bicyclic) bond motifs is 1. The fraction of sp³-hybridized carbons (Fsp3) is 0.355. The second-order valence-electron chi connectivity index (χ2n) is 11.2. The number of amides is 2. The number of methoxy groups -OCH3 is 1. The minimum atomic E-state index is -0.777. The molecular formula is C31H33F2N5O5. The lowest BCUT2D eigenvalue weighted by molar-refractivity contribution is -0.127. The number of hydrogen-bond donors (Lipinski definition) is 2. The number of hydrogen-bond acceptors (Lipinski definition) is 8. The van der Waals surface area contributed by atoms with Gasteiger partial charge in [0.1, 0.15) is 24.4 Å². The van der Waals surface area contributed by atoms with Crippen molar-refractivity contribution in [2.45, 2.75) is 44.8 Å². The molecule has 3 heterocycles. The monoisotopic (exact) mass is 593 g/mol. The molecule has 2 aromatic carbocycles. The van der Waals surface area contributed by atoms with Gasteiger partial charge in [-0.1, -0.05) is 26.5 Å². The Balaban J connectivity index is 1.43. The normalized spacial score (nSPS) is 18.6. The molecule has 0 radical (unpaired) electrons. The first-order valence-electron chi connectivity index (χ1n) is 13.7. The summed E-state index contributed by atoms with van der Waals surface area (Å²) in [4.78, 5) is 35.5. The van der Waals surface area contributed by atoms with Crippen molar-refractivity contribution in [3.05, 3.63) is 71.6 Å². The third-order valence-electron chi connectivity index (χ3n) is 7.94. The fourth-order valence-corrected chi connectivity index (χ4v) is 5.47. The maximum Gasteiger partial charge on any atom is 0.258 e. The van der Waals surface area contributed by atoms with E-state index < -0.39 is 17.5 Å². The minimum Gasteiger partial charge on any atom is -0.489 e. The van der Waals surface area contributed by atoms with Crippen molar-refractivity contribution in [1.82, 2.24) is 14.9 Å². The van der Waals surface area contributed by atoms with Gasteiger partial charge >= 0.3 is 0 Å². The number of nitrogen functional groups attached to an aromatic ring is 1. The van der Waals surface area contributed by atoms with Crippen LogP contribution in [0.3, 0.4) is 0 Å². The number of benzene rings is 2. The van der Waals surface area contributed by atoms with E-state index in [4.69, 9.17) is 19.9 Å². The first-order chi connectivity index (χ1) is 20.4. The van der Waals surface area contributed by atoms with Gasteiger partial charge in [0.15, 0.2) is 23.1 Å². The quantitative estimate of drug-likeness (QED) is 0.368. The van der Waals surface area contributed by atoms with Crippen LogP contribution in [0.25, 0.3) is 11.3 Å². The summed E-state index contributed by atoms with van der Waals surface area (Å²) < 4.78 is 47.3. The van der Waals surface area contributed by atoms with E-state index >= 15 is 4.39 Å². The lowest BCUT2D eigenvalue weighted by Crippen LogP contribution is -2.38. The summed E-state index contributed by atoms with van der Waals surface area (Å²) >= 11 is 0. The van der Waals surface area contributed by atoms with Gasteiger partial charge in [0, 0.05) is 35.9 Å². The topological polar surface area (TPSA) is 129 Å². The van der Waals surface area contributed by atoms with Gasteiger partial charge in [-0.3, -0.25) is 9.59 Å². The molecule has 3 aromatic rings. The van der Waals surface area contributed by atoms with E-state index in [9.17, 15) is 14.0 Å². The first kappa shape index (κ1) is 29.9. The third-order valence-corrected chi connectivity index (χ3v) is 7.94. The van der Waals surface area contributed by atoms with Crippen molar-refractivity contribution in [3.63, 3.8) is 0 Å². The summed E-state index contributed by atoms with van der Waals surface area (Å²) in [7, 11) is 1.57. The largest absolute Gasteiger partial charge is 0.489 e. The SMILES string of the molecule is C=CC(=O)N1C[C@H](OC)C[C@H]1COc1c(N)ncnc1-c1cc(F)cc(NC(=O)c2ccc3c(c2F)OCC3(C)C)c1C. The van der Waals surface area contributed by atoms with Gasteiger partial charge in [0.25, 0.3) is 5.91 Å². The van der Waals surface area contributed by atoms with Crippen molar-refractivity contribution < 1.29 is 32.6 Å². The average molecular weight is 594 g/mol. The van der Waals surface area contributed by atoms with Crippen molar-refractivity contribution in [1.29, 1.82) is 0 Å². The van der Waals surface area contributed by atoms with E-state index in [0.29, 0.717) is 30.7 Å². The molecule has 2 amide bonds. The number of rotatable bonds is 8. The molecule has 0 bridgehead atoms. The van der Waals surface area contributed by atoms with Crippen LogP contribution in [0.15, 0.2) is 43.2 Å². The van der Waals surface area contributed by atoms with Crippen LogP contribution in [0.5, 0.6) is 11.5 Å². The molecule has 226 valence electrons. The number of carbonyl (C=O) groups excluding carboxylic acids is 2. The van der Waals surface area contributed by atoms with E-state index in [1.807, 2.05) is 13.8 Å². The van der Waals surface area contributed by atoms with Crippen LogP contribution < -0.4 is 20.5 Å². The maximum absolute atomic E-state index is 15.3. The van der Waals surface area contributed by atoms with Crippen LogP contribution in [0, 0.1) is 18.6 Å². The molecular weight excluding hydrogens is 560 g/mol. The minimum absolute atomic E-state index is 0.00488. The Labute approximate surface area is 247 Å². The zero-order valence-corrected chi connectivity index (χ0v) is 24.4. The molecule has 2 aliphatic heterocycles. The summed E-state index contributed by atoms with van der Waals surface area (Å²) in [6, 6.07) is 5.08. The molecule has 1 fully saturated rings. The zero-order valence-electron chi connectivity index (χ0n) is 24.4. The number of carbonyl (C=O) groups is 2. The Bertz CT molecular complexity index is 1610. The lowest BCUT2D eigenvalue weighted by Gasteiger charge is -2.24. The Kier molecular flexibility index (Phi) is 8.06. The summed E-state index contributed by atoms with van der Waals surface area (Å²) in [5, 5.41) is 2.62. The van der Waals surface area contributed by atoms with E-state index in [1.54, 1.807) is 25.0 Å². The van der Waals surface area contributed by atoms with Crippen LogP contribution >= 0.6 is 0 Å². The number of nitrogens with one attached hydrogen (secondary N) is 1. The number of nitrogens with zero attached hydrogens (tertiary/aromatic N) is 3. The molecule has 2 aliphatic rings. The second-order valence-corrected chi connectivity index (χ2v) is 11.2. The molecule has 12 heteroatoms. The predicted molar refractivity (Wildman–Crippen MR) is 156 cm³/mol. The Morgan fingerprint density at radius 2 is 2.05 bits per heavy atom. The smallest absolute Gasteiger partial charge is 0.258 e. The Morgan fingerprint density at radius 1 is 1.28 bits per heavy atom. The number of halogens is 2.